The minimum atomic E-state index is 0.142. The van der Waals surface area contributed by atoms with Crippen molar-refractivity contribution in [2.45, 2.75) is 59.4 Å². The molecule has 0 radical (unpaired) electrons. The van der Waals surface area contributed by atoms with Crippen molar-refractivity contribution in [3.63, 3.8) is 0 Å². The van der Waals surface area contributed by atoms with Gasteiger partial charge in [0, 0.05) is 6.04 Å². The lowest BCUT2D eigenvalue weighted by atomic mass is 9.69. The molecule has 3 unspecified atom stereocenters. The van der Waals surface area contributed by atoms with Gasteiger partial charge in [0.05, 0.1) is 13.0 Å². The average molecular weight is 315 g/mol. The van der Waals surface area contributed by atoms with Gasteiger partial charge in [-0.25, -0.2) is 0 Å². The number of rotatable bonds is 5. The van der Waals surface area contributed by atoms with Crippen LogP contribution in [0.1, 0.15) is 52.5 Å². The fourth-order valence-corrected chi connectivity index (χ4v) is 4.72. The Labute approximate surface area is 139 Å². The number of benzene rings is 1. The number of carbonyl (C=O) groups excluding carboxylic acids is 1. The number of nitrogens with one attached hydrogen (secondary N) is 1. The van der Waals surface area contributed by atoms with Gasteiger partial charge in [-0.15, -0.1) is 0 Å². The maximum absolute atomic E-state index is 12.5. The van der Waals surface area contributed by atoms with Crippen molar-refractivity contribution in [3.05, 3.63) is 29.8 Å². The molecule has 0 spiro atoms. The van der Waals surface area contributed by atoms with Crippen LogP contribution in [-0.4, -0.2) is 18.6 Å². The number of ether oxygens (including phenoxy) is 1. The Morgan fingerprint density at radius 3 is 2.48 bits per heavy atom. The van der Waals surface area contributed by atoms with Crippen molar-refractivity contribution < 1.29 is 9.53 Å². The molecule has 23 heavy (non-hydrogen) atoms. The van der Waals surface area contributed by atoms with Crippen LogP contribution in [0.3, 0.4) is 0 Å². The Morgan fingerprint density at radius 2 is 1.96 bits per heavy atom. The highest BCUT2D eigenvalue weighted by molar-refractivity contribution is 5.79. The minimum Gasteiger partial charge on any atom is -0.494 e. The van der Waals surface area contributed by atoms with Gasteiger partial charge in [0.1, 0.15) is 5.75 Å². The largest absolute Gasteiger partial charge is 0.494 e. The van der Waals surface area contributed by atoms with Gasteiger partial charge in [0.2, 0.25) is 5.91 Å². The van der Waals surface area contributed by atoms with Crippen molar-refractivity contribution >= 4 is 5.91 Å². The summed E-state index contributed by atoms with van der Waals surface area (Å²) in [5.74, 6) is 1.76. The Balaban J connectivity index is 1.60. The minimum absolute atomic E-state index is 0.142. The number of carbonyl (C=O) groups is 1. The van der Waals surface area contributed by atoms with Gasteiger partial charge < -0.3 is 10.1 Å². The van der Waals surface area contributed by atoms with E-state index in [1.165, 1.54) is 12.8 Å². The smallest absolute Gasteiger partial charge is 0.224 e. The second-order valence-corrected chi connectivity index (χ2v) is 7.98. The van der Waals surface area contributed by atoms with Crippen LogP contribution in [0, 0.1) is 16.7 Å². The molecule has 2 saturated carbocycles. The van der Waals surface area contributed by atoms with E-state index in [0.717, 1.165) is 23.7 Å². The lowest BCUT2D eigenvalue weighted by Crippen LogP contribution is -2.47. The summed E-state index contributed by atoms with van der Waals surface area (Å²) in [6.45, 7) is 9.75. The number of hydrogen-bond acceptors (Lipinski definition) is 2. The number of amides is 1. The molecular weight excluding hydrogens is 286 g/mol. The van der Waals surface area contributed by atoms with E-state index in [-0.39, 0.29) is 11.3 Å². The second-order valence-electron chi connectivity index (χ2n) is 7.98. The maximum atomic E-state index is 12.5. The molecule has 3 atom stereocenters. The lowest BCUT2D eigenvalue weighted by molar-refractivity contribution is -0.122. The summed E-state index contributed by atoms with van der Waals surface area (Å²) in [6, 6.07) is 8.17. The number of hydrogen-bond donors (Lipinski definition) is 1. The summed E-state index contributed by atoms with van der Waals surface area (Å²) in [5.41, 5.74) is 1.62. The third kappa shape index (κ3) is 2.75. The van der Waals surface area contributed by atoms with E-state index in [4.69, 9.17) is 4.74 Å². The van der Waals surface area contributed by atoms with Crippen molar-refractivity contribution in [2.75, 3.05) is 6.61 Å². The quantitative estimate of drug-likeness (QED) is 0.893. The van der Waals surface area contributed by atoms with Crippen LogP contribution >= 0.6 is 0 Å². The summed E-state index contributed by atoms with van der Waals surface area (Å²) >= 11 is 0. The Hall–Kier alpha value is -1.51. The van der Waals surface area contributed by atoms with Crippen LogP contribution in [0.15, 0.2) is 24.3 Å². The molecule has 1 aromatic carbocycles. The maximum Gasteiger partial charge on any atom is 0.224 e. The van der Waals surface area contributed by atoms with E-state index in [2.05, 4.69) is 26.1 Å². The zero-order valence-electron chi connectivity index (χ0n) is 14.8. The van der Waals surface area contributed by atoms with Crippen LogP contribution < -0.4 is 10.1 Å². The molecule has 2 aliphatic carbocycles. The van der Waals surface area contributed by atoms with Crippen molar-refractivity contribution in [1.82, 2.24) is 5.32 Å². The molecule has 2 bridgehead atoms. The monoisotopic (exact) mass is 315 g/mol. The lowest BCUT2D eigenvalue weighted by Gasteiger charge is -2.39. The first kappa shape index (κ1) is 16.4. The van der Waals surface area contributed by atoms with Crippen LogP contribution in [0.2, 0.25) is 0 Å². The predicted octanol–water partition coefficient (Wildman–Crippen LogP) is 3.96. The van der Waals surface area contributed by atoms with Crippen molar-refractivity contribution in [3.8, 4) is 5.75 Å². The molecule has 0 saturated heterocycles. The number of fused-ring (bicyclic) bond motifs is 2. The molecule has 0 aromatic heterocycles. The normalized spacial score (nSPS) is 31.1. The van der Waals surface area contributed by atoms with E-state index in [9.17, 15) is 4.79 Å². The molecular formula is C20H29NO2. The summed E-state index contributed by atoms with van der Waals surface area (Å²) < 4.78 is 5.44. The summed E-state index contributed by atoms with van der Waals surface area (Å²) in [7, 11) is 0. The summed E-state index contributed by atoms with van der Waals surface area (Å²) in [5, 5.41) is 3.32. The molecule has 1 amide bonds. The first-order valence-electron chi connectivity index (χ1n) is 8.88. The van der Waals surface area contributed by atoms with Crippen LogP contribution in [0.25, 0.3) is 0 Å². The van der Waals surface area contributed by atoms with Gasteiger partial charge in [0.25, 0.3) is 0 Å². The molecule has 1 aromatic rings. The van der Waals surface area contributed by atoms with Crippen molar-refractivity contribution in [2.24, 2.45) is 16.7 Å². The molecule has 126 valence electrons. The molecule has 0 heterocycles. The first-order valence-corrected chi connectivity index (χ1v) is 8.88. The fraction of sp³-hybridized carbons (Fsp3) is 0.650. The highest BCUT2D eigenvalue weighted by Crippen LogP contribution is 2.65. The first-order chi connectivity index (χ1) is 10.9. The van der Waals surface area contributed by atoms with Gasteiger partial charge >= 0.3 is 0 Å². The fourth-order valence-electron chi connectivity index (χ4n) is 4.72. The Bertz CT molecular complexity index is 578. The van der Waals surface area contributed by atoms with Crippen LogP contribution in [-0.2, 0) is 11.2 Å². The van der Waals surface area contributed by atoms with E-state index in [1.807, 2.05) is 31.2 Å². The standard InChI is InChI=1S/C20H29NO2/c1-5-23-16-8-6-14(7-9-16)12-18(22)21-17-13-15-10-11-20(17,4)19(15,2)3/h6-9,15,17H,5,10-13H2,1-4H3,(H,21,22). The molecule has 2 aliphatic rings. The molecule has 3 heteroatoms. The van der Waals surface area contributed by atoms with E-state index in [1.54, 1.807) is 0 Å². The van der Waals surface area contributed by atoms with Gasteiger partial charge in [-0.2, -0.15) is 0 Å². The van der Waals surface area contributed by atoms with Gasteiger partial charge in [-0.1, -0.05) is 32.9 Å². The molecule has 3 nitrogen and oxygen atoms in total. The molecule has 1 N–H and O–H groups in total. The van der Waals surface area contributed by atoms with Gasteiger partial charge in [0.15, 0.2) is 0 Å². The van der Waals surface area contributed by atoms with E-state index in [0.29, 0.717) is 24.5 Å². The Kier molecular flexibility index (Phi) is 4.16. The summed E-state index contributed by atoms with van der Waals surface area (Å²) in [4.78, 5) is 12.5. The highest BCUT2D eigenvalue weighted by atomic mass is 16.5. The third-order valence-corrected chi connectivity index (χ3v) is 6.73. The van der Waals surface area contributed by atoms with Crippen LogP contribution in [0.5, 0.6) is 5.75 Å². The summed E-state index contributed by atoms with van der Waals surface area (Å²) in [6.07, 6.45) is 4.13. The zero-order valence-corrected chi connectivity index (χ0v) is 14.8. The molecule has 2 fully saturated rings. The SMILES string of the molecule is CCOc1ccc(CC(=O)NC2CC3CCC2(C)C3(C)C)cc1. The average Bonchev–Trinajstić information content (AvgIpc) is 2.83. The molecule has 3 rings (SSSR count). The molecule has 0 aliphatic heterocycles. The highest BCUT2D eigenvalue weighted by Gasteiger charge is 2.61. The van der Waals surface area contributed by atoms with Crippen LogP contribution in [0.4, 0.5) is 0 Å². The van der Waals surface area contributed by atoms with E-state index < -0.39 is 0 Å². The zero-order chi connectivity index (χ0) is 16.7. The second kappa shape index (κ2) is 5.85. The van der Waals surface area contributed by atoms with E-state index >= 15 is 0 Å². The van der Waals surface area contributed by atoms with Gasteiger partial charge in [-0.05, 0) is 60.6 Å². The topological polar surface area (TPSA) is 38.3 Å². The van der Waals surface area contributed by atoms with Gasteiger partial charge in [-0.3, -0.25) is 4.79 Å². The third-order valence-electron chi connectivity index (χ3n) is 6.73. The Morgan fingerprint density at radius 1 is 1.26 bits per heavy atom. The predicted molar refractivity (Wildman–Crippen MR) is 92.5 cm³/mol. The van der Waals surface area contributed by atoms with Crippen molar-refractivity contribution in [1.29, 1.82) is 0 Å².